The van der Waals surface area contributed by atoms with E-state index in [1.807, 2.05) is 0 Å². The molecule has 0 spiro atoms. The normalized spacial score (nSPS) is 20.7. The zero-order chi connectivity index (χ0) is 14.0. The van der Waals surface area contributed by atoms with E-state index in [0.717, 1.165) is 12.8 Å². The Bertz CT molecular complexity index is 519. The number of carbonyl (C=O) groups excluding carboxylic acids is 1. The van der Waals surface area contributed by atoms with Crippen molar-refractivity contribution < 1.29 is 14.7 Å². The molecule has 0 radical (unpaired) electrons. The van der Waals surface area contributed by atoms with Crippen molar-refractivity contribution in [1.82, 2.24) is 5.32 Å². The Kier molecular flexibility index (Phi) is 4.09. The molecule has 6 heteroatoms. The lowest BCUT2D eigenvalue weighted by atomic mass is 10.2. The number of hydrogen-bond donors (Lipinski definition) is 3. The minimum Gasteiger partial charge on any atom is -0.478 e. The number of urea groups is 1. The molecule has 1 fully saturated rings. The van der Waals surface area contributed by atoms with Gasteiger partial charge in [0.1, 0.15) is 0 Å². The average molecular weight is 327 g/mol. The van der Waals surface area contributed by atoms with Crippen molar-refractivity contribution in [3.8, 4) is 0 Å². The van der Waals surface area contributed by atoms with Gasteiger partial charge in [0.25, 0.3) is 0 Å². The summed E-state index contributed by atoms with van der Waals surface area (Å²) >= 11 is 3.25. The van der Waals surface area contributed by atoms with E-state index in [-0.39, 0.29) is 23.3 Å². The van der Waals surface area contributed by atoms with E-state index in [1.54, 1.807) is 12.1 Å². The Morgan fingerprint density at radius 3 is 2.79 bits per heavy atom. The van der Waals surface area contributed by atoms with E-state index in [0.29, 0.717) is 10.4 Å². The molecule has 0 aliphatic heterocycles. The zero-order valence-corrected chi connectivity index (χ0v) is 12.0. The van der Waals surface area contributed by atoms with Crippen LogP contribution in [0.3, 0.4) is 0 Å². The summed E-state index contributed by atoms with van der Waals surface area (Å²) in [7, 11) is 0. The van der Waals surface area contributed by atoms with Gasteiger partial charge in [0.05, 0.1) is 11.3 Å². The van der Waals surface area contributed by atoms with Crippen LogP contribution in [0.15, 0.2) is 22.7 Å². The number of carboxylic acid groups (broad SMARTS) is 1. The van der Waals surface area contributed by atoms with Gasteiger partial charge in [0.15, 0.2) is 0 Å². The van der Waals surface area contributed by atoms with E-state index in [4.69, 9.17) is 5.11 Å². The average Bonchev–Trinajstić information content (AvgIpc) is 3.06. The van der Waals surface area contributed by atoms with E-state index in [9.17, 15) is 9.59 Å². The van der Waals surface area contributed by atoms with Gasteiger partial charge in [-0.1, -0.05) is 29.3 Å². The van der Waals surface area contributed by atoms with Crippen LogP contribution in [0.2, 0.25) is 0 Å². The zero-order valence-electron chi connectivity index (χ0n) is 10.4. The van der Waals surface area contributed by atoms with Crippen LogP contribution in [-0.2, 0) is 0 Å². The summed E-state index contributed by atoms with van der Waals surface area (Å²) < 4.78 is 0.714. The van der Waals surface area contributed by atoms with Crippen LogP contribution in [0, 0.1) is 5.92 Å². The third-order valence-electron chi connectivity index (χ3n) is 3.22. The number of nitrogens with one attached hydrogen (secondary N) is 2. The van der Waals surface area contributed by atoms with Crippen LogP contribution >= 0.6 is 15.9 Å². The summed E-state index contributed by atoms with van der Waals surface area (Å²) in [6, 6.07) is 4.51. The Morgan fingerprint density at radius 2 is 2.21 bits per heavy atom. The molecule has 2 amide bonds. The third kappa shape index (κ3) is 3.47. The monoisotopic (exact) mass is 326 g/mol. The van der Waals surface area contributed by atoms with Crippen molar-refractivity contribution in [2.45, 2.75) is 25.8 Å². The van der Waals surface area contributed by atoms with Crippen molar-refractivity contribution in [1.29, 1.82) is 0 Å². The molecule has 2 unspecified atom stereocenters. The van der Waals surface area contributed by atoms with E-state index >= 15 is 0 Å². The molecule has 5 nitrogen and oxygen atoms in total. The molecule has 0 heterocycles. The van der Waals surface area contributed by atoms with Gasteiger partial charge in [-0.2, -0.15) is 0 Å². The standard InChI is InChI=1S/C13H15BrN2O3/c1-2-7-5-10(7)15-13(19)16-11-6-8(14)3-4-9(11)12(17)18/h3-4,6-7,10H,2,5H2,1H3,(H,17,18)(H2,15,16,19). The molecule has 1 aromatic rings. The number of halogens is 1. The molecule has 1 aromatic carbocycles. The number of amides is 2. The Morgan fingerprint density at radius 1 is 1.47 bits per heavy atom. The summed E-state index contributed by atoms with van der Waals surface area (Å²) in [5.74, 6) is -0.520. The Balaban J connectivity index is 2.03. The topological polar surface area (TPSA) is 78.4 Å². The van der Waals surface area contributed by atoms with Crippen molar-refractivity contribution >= 4 is 33.6 Å². The fourth-order valence-corrected chi connectivity index (χ4v) is 2.37. The van der Waals surface area contributed by atoms with Crippen molar-refractivity contribution in [2.24, 2.45) is 5.92 Å². The minimum atomic E-state index is -1.07. The highest BCUT2D eigenvalue weighted by Gasteiger charge is 2.36. The molecule has 1 aliphatic rings. The largest absolute Gasteiger partial charge is 0.478 e. The number of carbonyl (C=O) groups is 2. The highest BCUT2D eigenvalue weighted by molar-refractivity contribution is 9.10. The second-order valence-electron chi connectivity index (χ2n) is 4.60. The van der Waals surface area contributed by atoms with Gasteiger partial charge < -0.3 is 15.7 Å². The van der Waals surface area contributed by atoms with E-state index in [1.165, 1.54) is 6.07 Å². The van der Waals surface area contributed by atoms with Crippen LogP contribution in [0.5, 0.6) is 0 Å². The lowest BCUT2D eigenvalue weighted by Crippen LogP contribution is -2.32. The van der Waals surface area contributed by atoms with Crippen molar-refractivity contribution in [2.75, 3.05) is 5.32 Å². The van der Waals surface area contributed by atoms with Crippen LogP contribution in [0.25, 0.3) is 0 Å². The molecule has 19 heavy (non-hydrogen) atoms. The van der Waals surface area contributed by atoms with E-state index in [2.05, 4.69) is 33.5 Å². The second-order valence-corrected chi connectivity index (χ2v) is 5.52. The van der Waals surface area contributed by atoms with Gasteiger partial charge in [-0.05, 0) is 30.5 Å². The van der Waals surface area contributed by atoms with Gasteiger partial charge in [-0.3, -0.25) is 0 Å². The molecule has 0 bridgehead atoms. The summed E-state index contributed by atoms with van der Waals surface area (Å²) in [4.78, 5) is 22.8. The molecular weight excluding hydrogens is 312 g/mol. The molecular formula is C13H15BrN2O3. The first-order valence-corrected chi connectivity index (χ1v) is 6.91. The number of hydrogen-bond acceptors (Lipinski definition) is 2. The van der Waals surface area contributed by atoms with Crippen LogP contribution in [-0.4, -0.2) is 23.1 Å². The molecule has 0 aromatic heterocycles. The van der Waals surface area contributed by atoms with E-state index < -0.39 is 5.97 Å². The van der Waals surface area contributed by atoms with Crippen molar-refractivity contribution in [3.63, 3.8) is 0 Å². The van der Waals surface area contributed by atoms with Gasteiger partial charge in [-0.15, -0.1) is 0 Å². The fraction of sp³-hybridized carbons (Fsp3) is 0.385. The smallest absolute Gasteiger partial charge is 0.337 e. The highest BCUT2D eigenvalue weighted by Crippen LogP contribution is 2.33. The lowest BCUT2D eigenvalue weighted by molar-refractivity contribution is 0.0698. The molecule has 1 saturated carbocycles. The summed E-state index contributed by atoms with van der Waals surface area (Å²) in [5, 5.41) is 14.5. The second kappa shape index (κ2) is 5.61. The summed E-state index contributed by atoms with van der Waals surface area (Å²) in [5.41, 5.74) is 0.356. The first-order chi connectivity index (χ1) is 9.01. The molecule has 0 saturated heterocycles. The molecule has 2 atom stereocenters. The number of benzene rings is 1. The van der Waals surface area contributed by atoms with Gasteiger partial charge in [-0.25, -0.2) is 9.59 Å². The summed E-state index contributed by atoms with van der Waals surface area (Å²) in [6.07, 6.45) is 2.04. The predicted molar refractivity (Wildman–Crippen MR) is 75.4 cm³/mol. The predicted octanol–water partition coefficient (Wildman–Crippen LogP) is 3.07. The molecule has 1 aliphatic carbocycles. The van der Waals surface area contributed by atoms with Gasteiger partial charge in [0, 0.05) is 10.5 Å². The van der Waals surface area contributed by atoms with Gasteiger partial charge in [0.2, 0.25) is 0 Å². The quantitative estimate of drug-likeness (QED) is 0.795. The minimum absolute atomic E-state index is 0.0705. The number of rotatable bonds is 4. The third-order valence-corrected chi connectivity index (χ3v) is 3.72. The Hall–Kier alpha value is -1.56. The molecule has 102 valence electrons. The number of carboxylic acids is 1. The van der Waals surface area contributed by atoms with Crippen molar-refractivity contribution in [3.05, 3.63) is 28.2 Å². The van der Waals surface area contributed by atoms with Gasteiger partial charge >= 0.3 is 12.0 Å². The SMILES string of the molecule is CCC1CC1NC(=O)Nc1cc(Br)ccc1C(=O)O. The lowest BCUT2D eigenvalue weighted by Gasteiger charge is -2.10. The first kappa shape index (κ1) is 13.9. The molecule has 3 N–H and O–H groups in total. The first-order valence-electron chi connectivity index (χ1n) is 6.11. The summed E-state index contributed by atoms with van der Waals surface area (Å²) in [6.45, 7) is 2.08. The number of anilines is 1. The molecule has 2 rings (SSSR count). The van der Waals surface area contributed by atoms with Crippen LogP contribution < -0.4 is 10.6 Å². The maximum absolute atomic E-state index is 11.8. The maximum atomic E-state index is 11.8. The fourth-order valence-electron chi connectivity index (χ4n) is 2.01. The number of aromatic carboxylic acids is 1. The maximum Gasteiger partial charge on any atom is 0.337 e. The van der Waals surface area contributed by atoms with Crippen LogP contribution in [0.1, 0.15) is 30.1 Å². The van der Waals surface area contributed by atoms with Crippen LogP contribution in [0.4, 0.5) is 10.5 Å². The highest BCUT2D eigenvalue weighted by atomic mass is 79.9. The Labute approximate surface area is 119 Å².